The number of carboxylic acid groups (broad SMARTS) is 1. The molecule has 0 aliphatic heterocycles. The normalized spacial score (nSPS) is 10.9. The van der Waals surface area contributed by atoms with E-state index in [-0.39, 0.29) is 0 Å². The number of carboxylic acids is 1. The van der Waals surface area contributed by atoms with Crippen LogP contribution in [0.4, 0.5) is 0 Å². The lowest BCUT2D eigenvalue weighted by Gasteiger charge is -2.01. The number of carbonyl (C=O) groups excluding carboxylic acids is 1. The van der Waals surface area contributed by atoms with Crippen LogP contribution in [0.1, 0.15) is 77.0 Å². The monoisotopic (exact) mass is 268 g/mol. The molecule has 0 aliphatic rings. The minimum atomic E-state index is -0.854. The van der Waals surface area contributed by atoms with Gasteiger partial charge in [-0.25, -0.2) is 4.79 Å². The van der Waals surface area contributed by atoms with E-state index in [0.717, 1.165) is 32.0 Å². The number of hydrogen-bond acceptors (Lipinski definition) is 2. The first-order valence-corrected chi connectivity index (χ1v) is 7.60. The number of aldehydes is 1. The third-order valence-corrected chi connectivity index (χ3v) is 3.20. The smallest absolute Gasteiger partial charge is 0.327 e. The number of aliphatic carboxylic acids is 1. The van der Waals surface area contributed by atoms with E-state index in [9.17, 15) is 9.59 Å². The molecule has 3 nitrogen and oxygen atoms in total. The van der Waals surface area contributed by atoms with E-state index in [1.807, 2.05) is 0 Å². The van der Waals surface area contributed by atoms with Gasteiger partial charge in [0.25, 0.3) is 0 Å². The van der Waals surface area contributed by atoms with Gasteiger partial charge in [0, 0.05) is 12.5 Å². The molecule has 0 spiro atoms. The molecular weight excluding hydrogens is 240 g/mol. The second-order valence-electron chi connectivity index (χ2n) is 5.02. The van der Waals surface area contributed by atoms with Crippen LogP contribution in [0.5, 0.6) is 0 Å². The molecule has 0 rings (SSSR count). The molecule has 110 valence electrons. The van der Waals surface area contributed by atoms with Crippen molar-refractivity contribution in [3.8, 4) is 0 Å². The van der Waals surface area contributed by atoms with Gasteiger partial charge in [0.2, 0.25) is 0 Å². The Hall–Kier alpha value is -1.12. The Labute approximate surface area is 117 Å². The molecule has 0 aromatic carbocycles. The molecule has 0 aromatic heterocycles. The Morgan fingerprint density at radius 1 is 0.737 bits per heavy atom. The predicted octanol–water partition coefficient (Wildman–Crippen LogP) is 4.51. The zero-order valence-electron chi connectivity index (χ0n) is 12.0. The molecule has 0 fully saturated rings. The van der Waals surface area contributed by atoms with Crippen molar-refractivity contribution in [3.63, 3.8) is 0 Å². The number of allylic oxidation sites excluding steroid dienone is 1. The van der Waals surface area contributed by atoms with Crippen molar-refractivity contribution in [2.75, 3.05) is 0 Å². The van der Waals surface area contributed by atoms with Gasteiger partial charge in [-0.2, -0.15) is 0 Å². The fourth-order valence-electron chi connectivity index (χ4n) is 2.09. The van der Waals surface area contributed by atoms with Crippen molar-refractivity contribution in [2.45, 2.75) is 77.0 Å². The van der Waals surface area contributed by atoms with E-state index in [1.54, 1.807) is 6.08 Å². The molecule has 0 saturated carbocycles. The Balaban J connectivity index is 3.02. The molecule has 0 heterocycles. The maximum absolute atomic E-state index is 10.2. The van der Waals surface area contributed by atoms with Crippen LogP contribution in [0.25, 0.3) is 0 Å². The zero-order valence-corrected chi connectivity index (χ0v) is 12.0. The highest BCUT2D eigenvalue weighted by atomic mass is 16.4. The Morgan fingerprint density at radius 3 is 1.58 bits per heavy atom. The number of rotatable bonds is 14. The van der Waals surface area contributed by atoms with E-state index in [1.165, 1.54) is 57.4 Å². The van der Waals surface area contributed by atoms with Crippen LogP contribution >= 0.6 is 0 Å². The lowest BCUT2D eigenvalue weighted by molar-refractivity contribution is -0.131. The van der Waals surface area contributed by atoms with Crippen LogP contribution in [0, 0.1) is 0 Å². The van der Waals surface area contributed by atoms with Gasteiger partial charge in [-0.3, -0.25) is 0 Å². The topological polar surface area (TPSA) is 54.4 Å². The van der Waals surface area contributed by atoms with Crippen molar-refractivity contribution in [2.24, 2.45) is 0 Å². The third kappa shape index (κ3) is 16.9. The van der Waals surface area contributed by atoms with Crippen LogP contribution in [0.3, 0.4) is 0 Å². The van der Waals surface area contributed by atoms with Gasteiger partial charge in [0.05, 0.1) is 0 Å². The second-order valence-corrected chi connectivity index (χ2v) is 5.02. The van der Waals surface area contributed by atoms with Crippen LogP contribution in [-0.2, 0) is 9.59 Å². The number of carbonyl (C=O) groups is 2. The predicted molar refractivity (Wildman–Crippen MR) is 78.2 cm³/mol. The average molecular weight is 268 g/mol. The number of unbranched alkanes of at least 4 members (excludes halogenated alkanes) is 11. The molecule has 0 bridgehead atoms. The summed E-state index contributed by atoms with van der Waals surface area (Å²) in [5, 5.41) is 8.40. The van der Waals surface area contributed by atoms with E-state index >= 15 is 0 Å². The lowest BCUT2D eigenvalue weighted by atomic mass is 10.1. The quantitative estimate of drug-likeness (QED) is 0.286. The molecule has 0 saturated heterocycles. The highest BCUT2D eigenvalue weighted by Gasteiger charge is 1.93. The fourth-order valence-corrected chi connectivity index (χ4v) is 2.09. The van der Waals surface area contributed by atoms with Crippen LogP contribution in [-0.4, -0.2) is 17.4 Å². The SMILES string of the molecule is O=CCCCCCCCCCCCC/C=C/C(=O)O. The van der Waals surface area contributed by atoms with Gasteiger partial charge < -0.3 is 9.90 Å². The fraction of sp³-hybridized carbons (Fsp3) is 0.750. The van der Waals surface area contributed by atoms with Gasteiger partial charge in [0.15, 0.2) is 0 Å². The summed E-state index contributed by atoms with van der Waals surface area (Å²) in [5.74, 6) is -0.854. The van der Waals surface area contributed by atoms with Gasteiger partial charge in [0.1, 0.15) is 6.29 Å². The van der Waals surface area contributed by atoms with E-state index in [4.69, 9.17) is 5.11 Å². The van der Waals surface area contributed by atoms with Crippen molar-refractivity contribution in [1.29, 1.82) is 0 Å². The standard InChI is InChI=1S/C16H28O3/c17-15-13-11-9-7-5-3-1-2-4-6-8-10-12-14-16(18)19/h12,14-15H,1-11,13H2,(H,18,19)/b14-12+. The molecule has 1 N–H and O–H groups in total. The molecule has 3 heteroatoms. The van der Waals surface area contributed by atoms with E-state index in [0.29, 0.717) is 0 Å². The molecule has 0 amide bonds. The van der Waals surface area contributed by atoms with E-state index in [2.05, 4.69) is 0 Å². The van der Waals surface area contributed by atoms with Crippen LogP contribution in [0.15, 0.2) is 12.2 Å². The first-order valence-electron chi connectivity index (χ1n) is 7.60. The van der Waals surface area contributed by atoms with Crippen molar-refractivity contribution in [1.82, 2.24) is 0 Å². The highest BCUT2D eigenvalue weighted by Crippen LogP contribution is 2.11. The first kappa shape index (κ1) is 17.9. The molecule has 0 radical (unpaired) electrons. The summed E-state index contributed by atoms with van der Waals surface area (Å²) in [7, 11) is 0. The summed E-state index contributed by atoms with van der Waals surface area (Å²) < 4.78 is 0. The first-order chi connectivity index (χ1) is 9.27. The van der Waals surface area contributed by atoms with Crippen molar-refractivity contribution in [3.05, 3.63) is 12.2 Å². The molecule has 0 unspecified atom stereocenters. The summed E-state index contributed by atoms with van der Waals surface area (Å²) in [6, 6.07) is 0. The molecule has 0 atom stereocenters. The Kier molecular flexibility index (Phi) is 14.1. The van der Waals surface area contributed by atoms with Gasteiger partial charge in [-0.05, 0) is 19.3 Å². The van der Waals surface area contributed by atoms with E-state index < -0.39 is 5.97 Å². The van der Waals surface area contributed by atoms with Crippen LogP contribution < -0.4 is 0 Å². The Bertz CT molecular complexity index is 246. The number of hydrogen-bond donors (Lipinski definition) is 1. The van der Waals surface area contributed by atoms with Gasteiger partial charge in [-0.15, -0.1) is 0 Å². The second kappa shape index (κ2) is 14.9. The molecule has 19 heavy (non-hydrogen) atoms. The lowest BCUT2D eigenvalue weighted by Crippen LogP contribution is -1.86. The molecule has 0 aromatic rings. The summed E-state index contributed by atoms with van der Waals surface area (Å²) >= 11 is 0. The summed E-state index contributed by atoms with van der Waals surface area (Å²) in [4.78, 5) is 20.3. The molecular formula is C16H28O3. The van der Waals surface area contributed by atoms with Crippen LogP contribution in [0.2, 0.25) is 0 Å². The minimum absolute atomic E-state index is 0.719. The summed E-state index contributed by atoms with van der Waals surface area (Å²) in [5.41, 5.74) is 0. The Morgan fingerprint density at radius 2 is 1.16 bits per heavy atom. The molecule has 0 aliphatic carbocycles. The van der Waals surface area contributed by atoms with Crippen molar-refractivity contribution >= 4 is 12.3 Å². The largest absolute Gasteiger partial charge is 0.478 e. The van der Waals surface area contributed by atoms with Gasteiger partial charge >= 0.3 is 5.97 Å². The maximum atomic E-state index is 10.2. The summed E-state index contributed by atoms with van der Waals surface area (Å²) in [6.07, 6.45) is 17.8. The van der Waals surface area contributed by atoms with Crippen molar-refractivity contribution < 1.29 is 14.7 Å². The zero-order chi connectivity index (χ0) is 14.2. The summed E-state index contributed by atoms with van der Waals surface area (Å²) in [6.45, 7) is 0. The van der Waals surface area contributed by atoms with Gasteiger partial charge in [-0.1, -0.05) is 57.4 Å². The maximum Gasteiger partial charge on any atom is 0.327 e. The minimum Gasteiger partial charge on any atom is -0.478 e. The highest BCUT2D eigenvalue weighted by molar-refractivity contribution is 5.79. The third-order valence-electron chi connectivity index (χ3n) is 3.20. The average Bonchev–Trinajstić information content (AvgIpc) is 2.39.